The predicted molar refractivity (Wildman–Crippen MR) is 116 cm³/mol. The van der Waals surface area contributed by atoms with Gasteiger partial charge in [0.05, 0.1) is 10.3 Å². The Balaban J connectivity index is 1.68. The first-order chi connectivity index (χ1) is 14.3. The molecule has 10 heteroatoms. The molecule has 30 heavy (non-hydrogen) atoms. The van der Waals surface area contributed by atoms with Gasteiger partial charge >= 0.3 is 0 Å². The molecule has 4 rings (SSSR count). The summed E-state index contributed by atoms with van der Waals surface area (Å²) >= 11 is 1.35. The molecule has 1 amide bonds. The zero-order valence-electron chi connectivity index (χ0n) is 16.7. The van der Waals surface area contributed by atoms with E-state index in [0.717, 1.165) is 23.9 Å². The Kier molecular flexibility index (Phi) is 5.48. The number of sulfonamides is 1. The van der Waals surface area contributed by atoms with Gasteiger partial charge in [0.15, 0.2) is 0 Å². The van der Waals surface area contributed by atoms with Crippen molar-refractivity contribution >= 4 is 37.5 Å². The fourth-order valence-corrected chi connectivity index (χ4v) is 5.91. The van der Waals surface area contributed by atoms with E-state index in [0.29, 0.717) is 34.7 Å². The van der Waals surface area contributed by atoms with Crippen molar-refractivity contribution in [2.45, 2.75) is 38.0 Å². The van der Waals surface area contributed by atoms with Crippen molar-refractivity contribution in [1.29, 1.82) is 0 Å². The van der Waals surface area contributed by atoms with Crippen molar-refractivity contribution in [3.05, 3.63) is 57.0 Å². The largest absolute Gasteiger partial charge is 0.281 e. The maximum absolute atomic E-state index is 13.0. The lowest BCUT2D eigenvalue weighted by Crippen LogP contribution is -2.36. The number of rotatable bonds is 4. The summed E-state index contributed by atoms with van der Waals surface area (Å²) in [6, 6.07) is 6.17. The van der Waals surface area contributed by atoms with Crippen LogP contribution < -0.4 is 11.0 Å². The number of thiophene rings is 1. The molecule has 0 aliphatic carbocycles. The van der Waals surface area contributed by atoms with E-state index >= 15 is 0 Å². The number of amides is 1. The molecule has 3 aromatic rings. The Hall–Kier alpha value is -2.56. The quantitative estimate of drug-likeness (QED) is 0.664. The van der Waals surface area contributed by atoms with Gasteiger partial charge in [0, 0.05) is 18.7 Å². The van der Waals surface area contributed by atoms with Crippen LogP contribution in [0.25, 0.3) is 10.2 Å². The summed E-state index contributed by atoms with van der Waals surface area (Å²) in [5.74, 6) is -0.220. The van der Waals surface area contributed by atoms with Crippen LogP contribution in [0, 0.1) is 13.8 Å². The predicted octanol–water partition coefficient (Wildman–Crippen LogP) is 2.63. The molecule has 158 valence electrons. The van der Waals surface area contributed by atoms with E-state index in [-0.39, 0.29) is 16.0 Å². The normalized spacial score (nSPS) is 15.4. The van der Waals surface area contributed by atoms with E-state index in [2.05, 4.69) is 10.4 Å². The SMILES string of the molecule is Cc1ccc(S(=O)(=O)N2CCCCC2)cc1C(=O)Nn1c(C)nc2sccc2c1=O. The Bertz CT molecular complexity index is 1290. The van der Waals surface area contributed by atoms with Crippen LogP contribution in [0.2, 0.25) is 0 Å². The molecule has 2 aromatic heterocycles. The van der Waals surface area contributed by atoms with E-state index in [1.54, 1.807) is 31.4 Å². The minimum atomic E-state index is -3.67. The van der Waals surface area contributed by atoms with Gasteiger partial charge in [0.25, 0.3) is 11.5 Å². The molecule has 0 spiro atoms. The maximum atomic E-state index is 13.0. The summed E-state index contributed by atoms with van der Waals surface area (Å²) in [5.41, 5.74) is 3.01. The van der Waals surface area contributed by atoms with Gasteiger partial charge in [0.2, 0.25) is 10.0 Å². The smallest absolute Gasteiger partial charge is 0.267 e. The number of nitrogens with one attached hydrogen (secondary N) is 1. The highest BCUT2D eigenvalue weighted by atomic mass is 32.2. The van der Waals surface area contributed by atoms with Gasteiger partial charge in [0.1, 0.15) is 10.7 Å². The first kappa shape index (κ1) is 20.7. The molecule has 1 fully saturated rings. The molecule has 0 atom stereocenters. The van der Waals surface area contributed by atoms with E-state index < -0.39 is 15.9 Å². The molecule has 3 heterocycles. The first-order valence-corrected chi connectivity index (χ1v) is 12.0. The summed E-state index contributed by atoms with van der Waals surface area (Å²) in [5, 5.41) is 2.19. The molecular weight excluding hydrogens is 424 g/mol. The van der Waals surface area contributed by atoms with E-state index in [1.165, 1.54) is 27.8 Å². The van der Waals surface area contributed by atoms with Crippen LogP contribution in [0.5, 0.6) is 0 Å². The first-order valence-electron chi connectivity index (χ1n) is 9.68. The highest BCUT2D eigenvalue weighted by molar-refractivity contribution is 7.89. The number of aryl methyl sites for hydroxylation is 2. The Morgan fingerprint density at radius 2 is 1.87 bits per heavy atom. The Morgan fingerprint density at radius 1 is 1.13 bits per heavy atom. The van der Waals surface area contributed by atoms with E-state index in [9.17, 15) is 18.0 Å². The molecular formula is C20H22N4O4S2. The number of benzene rings is 1. The number of hydrogen-bond acceptors (Lipinski definition) is 6. The molecule has 1 N–H and O–H groups in total. The van der Waals surface area contributed by atoms with Crippen LogP contribution in [0.4, 0.5) is 0 Å². The summed E-state index contributed by atoms with van der Waals surface area (Å²) < 4.78 is 28.5. The summed E-state index contributed by atoms with van der Waals surface area (Å²) in [6.45, 7) is 4.32. The van der Waals surface area contributed by atoms with Crippen molar-refractivity contribution in [3.63, 3.8) is 0 Å². The number of carbonyl (C=O) groups is 1. The second kappa shape index (κ2) is 7.93. The van der Waals surface area contributed by atoms with Gasteiger partial charge in [-0.15, -0.1) is 11.3 Å². The topological polar surface area (TPSA) is 101 Å². The van der Waals surface area contributed by atoms with Crippen molar-refractivity contribution in [2.24, 2.45) is 0 Å². The highest BCUT2D eigenvalue weighted by Crippen LogP contribution is 2.23. The fourth-order valence-electron chi connectivity index (χ4n) is 3.57. The second-order valence-electron chi connectivity index (χ2n) is 7.32. The molecule has 1 saturated heterocycles. The Labute approximate surface area is 178 Å². The molecule has 0 radical (unpaired) electrons. The van der Waals surface area contributed by atoms with Gasteiger partial charge in [-0.3, -0.25) is 15.0 Å². The lowest BCUT2D eigenvalue weighted by Gasteiger charge is -2.26. The second-order valence-corrected chi connectivity index (χ2v) is 10.2. The Morgan fingerprint density at radius 3 is 2.60 bits per heavy atom. The third-order valence-electron chi connectivity index (χ3n) is 5.29. The minimum absolute atomic E-state index is 0.0793. The number of hydrogen-bond donors (Lipinski definition) is 1. The maximum Gasteiger partial charge on any atom is 0.281 e. The van der Waals surface area contributed by atoms with Gasteiger partial charge in [-0.25, -0.2) is 18.1 Å². The van der Waals surface area contributed by atoms with Gasteiger partial charge in [-0.05, 0) is 55.8 Å². The van der Waals surface area contributed by atoms with Gasteiger partial charge < -0.3 is 0 Å². The lowest BCUT2D eigenvalue weighted by molar-refractivity contribution is 0.101. The van der Waals surface area contributed by atoms with E-state index in [1.807, 2.05) is 0 Å². The average molecular weight is 447 g/mol. The monoisotopic (exact) mass is 446 g/mol. The number of piperidine rings is 1. The third kappa shape index (κ3) is 3.66. The number of carbonyl (C=O) groups excluding carboxylic acids is 1. The van der Waals surface area contributed by atoms with Crippen LogP contribution in [-0.4, -0.2) is 41.4 Å². The highest BCUT2D eigenvalue weighted by Gasteiger charge is 2.27. The summed E-state index contributed by atoms with van der Waals surface area (Å²) in [7, 11) is -3.67. The molecule has 1 aliphatic heterocycles. The van der Waals surface area contributed by atoms with Crippen molar-refractivity contribution < 1.29 is 13.2 Å². The average Bonchev–Trinajstić information content (AvgIpc) is 3.20. The number of nitrogens with zero attached hydrogens (tertiary/aromatic N) is 3. The van der Waals surface area contributed by atoms with E-state index in [4.69, 9.17) is 0 Å². The zero-order chi connectivity index (χ0) is 21.5. The van der Waals surface area contributed by atoms with Crippen LogP contribution in [0.15, 0.2) is 39.3 Å². The molecule has 1 aliphatic rings. The van der Waals surface area contributed by atoms with Crippen molar-refractivity contribution in [3.8, 4) is 0 Å². The zero-order valence-corrected chi connectivity index (χ0v) is 18.3. The lowest BCUT2D eigenvalue weighted by atomic mass is 10.1. The number of fused-ring (bicyclic) bond motifs is 1. The molecule has 1 aromatic carbocycles. The van der Waals surface area contributed by atoms with Gasteiger partial charge in [-0.1, -0.05) is 12.5 Å². The van der Waals surface area contributed by atoms with Crippen molar-refractivity contribution in [2.75, 3.05) is 18.5 Å². The van der Waals surface area contributed by atoms with Crippen LogP contribution in [0.3, 0.4) is 0 Å². The fraction of sp³-hybridized carbons (Fsp3) is 0.350. The molecule has 0 saturated carbocycles. The van der Waals surface area contributed by atoms with Crippen LogP contribution in [0.1, 0.15) is 41.0 Å². The van der Waals surface area contributed by atoms with Crippen molar-refractivity contribution in [1.82, 2.24) is 14.0 Å². The summed E-state index contributed by atoms with van der Waals surface area (Å²) in [6.07, 6.45) is 2.68. The number of aromatic nitrogens is 2. The van der Waals surface area contributed by atoms with Crippen LogP contribution >= 0.6 is 11.3 Å². The minimum Gasteiger partial charge on any atom is -0.267 e. The summed E-state index contributed by atoms with van der Waals surface area (Å²) in [4.78, 5) is 30.7. The standard InChI is InChI=1S/C20H22N4O4S2/c1-13-6-7-15(30(27,28)23-9-4-3-5-10-23)12-17(13)18(25)22-24-14(2)21-19-16(20(24)26)8-11-29-19/h6-8,11-12H,3-5,9-10H2,1-2H3,(H,22,25). The third-order valence-corrected chi connectivity index (χ3v) is 7.99. The molecule has 0 bridgehead atoms. The molecule has 8 nitrogen and oxygen atoms in total. The van der Waals surface area contributed by atoms with Crippen LogP contribution in [-0.2, 0) is 10.0 Å². The van der Waals surface area contributed by atoms with Gasteiger partial charge in [-0.2, -0.15) is 4.31 Å². The molecule has 0 unspecified atom stereocenters.